The van der Waals surface area contributed by atoms with Crippen molar-refractivity contribution in [3.8, 4) is 0 Å². The van der Waals surface area contributed by atoms with Crippen molar-refractivity contribution in [2.24, 2.45) is 5.92 Å². The van der Waals surface area contributed by atoms with E-state index in [0.29, 0.717) is 6.42 Å². The molecule has 4 nitrogen and oxygen atoms in total. The van der Waals surface area contributed by atoms with Crippen molar-refractivity contribution in [1.82, 2.24) is 5.32 Å². The number of halogens is 4. The van der Waals surface area contributed by atoms with E-state index in [2.05, 4.69) is 26.6 Å². The number of amides is 2. The second-order valence-corrected chi connectivity index (χ2v) is 5.67. The summed E-state index contributed by atoms with van der Waals surface area (Å²) in [5.41, 5.74) is -0.775. The predicted molar refractivity (Wildman–Crippen MR) is 73.5 cm³/mol. The lowest BCUT2D eigenvalue weighted by molar-refractivity contribution is -0.137. The molecule has 1 aliphatic heterocycles. The van der Waals surface area contributed by atoms with Crippen molar-refractivity contribution < 1.29 is 22.8 Å². The van der Waals surface area contributed by atoms with Crippen LogP contribution in [-0.2, 0) is 15.8 Å². The standard InChI is InChI=1S/C13H12BrF3N2O2/c14-9-3-8(13(15,16)17)4-10(5-9)19-12(21)7-1-2-11(20)18-6-7/h3-5,7H,1-2,6H2,(H,18,20)(H,19,21). The van der Waals surface area contributed by atoms with Gasteiger partial charge in [-0.1, -0.05) is 15.9 Å². The Balaban J connectivity index is 2.10. The fourth-order valence-corrected chi connectivity index (χ4v) is 2.52. The molecule has 114 valence electrons. The molecule has 2 N–H and O–H groups in total. The molecule has 0 radical (unpaired) electrons. The van der Waals surface area contributed by atoms with Crippen LogP contribution in [0.5, 0.6) is 0 Å². The number of anilines is 1. The van der Waals surface area contributed by atoms with E-state index in [4.69, 9.17) is 0 Å². The fraction of sp³-hybridized carbons (Fsp3) is 0.385. The van der Waals surface area contributed by atoms with Crippen LogP contribution in [0, 0.1) is 5.92 Å². The van der Waals surface area contributed by atoms with Crippen LogP contribution in [0.1, 0.15) is 18.4 Å². The number of nitrogens with one attached hydrogen (secondary N) is 2. The van der Waals surface area contributed by atoms with Gasteiger partial charge in [0.15, 0.2) is 0 Å². The number of benzene rings is 1. The van der Waals surface area contributed by atoms with Crippen molar-refractivity contribution in [2.45, 2.75) is 19.0 Å². The third kappa shape index (κ3) is 4.20. The molecule has 0 bridgehead atoms. The molecular weight excluding hydrogens is 353 g/mol. The van der Waals surface area contributed by atoms with E-state index in [-0.39, 0.29) is 29.0 Å². The quantitative estimate of drug-likeness (QED) is 0.847. The van der Waals surface area contributed by atoms with Gasteiger partial charge < -0.3 is 10.6 Å². The zero-order valence-corrected chi connectivity index (χ0v) is 12.3. The van der Waals surface area contributed by atoms with E-state index >= 15 is 0 Å². The average Bonchev–Trinajstić information content (AvgIpc) is 2.37. The van der Waals surface area contributed by atoms with Crippen molar-refractivity contribution in [3.05, 3.63) is 28.2 Å². The van der Waals surface area contributed by atoms with Crippen molar-refractivity contribution >= 4 is 33.4 Å². The van der Waals surface area contributed by atoms with Gasteiger partial charge in [-0.2, -0.15) is 13.2 Å². The summed E-state index contributed by atoms with van der Waals surface area (Å²) in [6.07, 6.45) is -3.86. The Bertz CT molecular complexity index is 565. The summed E-state index contributed by atoms with van der Waals surface area (Å²) in [5, 5.41) is 5.02. The molecule has 1 unspecified atom stereocenters. The van der Waals surface area contributed by atoms with Gasteiger partial charge in [0.25, 0.3) is 0 Å². The summed E-state index contributed by atoms with van der Waals surface area (Å²) in [7, 11) is 0. The molecule has 1 aromatic carbocycles. The molecule has 1 saturated heterocycles. The lowest BCUT2D eigenvalue weighted by Gasteiger charge is -2.21. The highest BCUT2D eigenvalue weighted by molar-refractivity contribution is 9.10. The minimum absolute atomic E-state index is 0.0681. The third-order valence-corrected chi connectivity index (χ3v) is 3.59. The number of carbonyl (C=O) groups is 2. The monoisotopic (exact) mass is 364 g/mol. The molecular formula is C13H12BrF3N2O2. The van der Waals surface area contributed by atoms with Crippen molar-refractivity contribution in [3.63, 3.8) is 0 Å². The first kappa shape index (κ1) is 15.8. The molecule has 1 aromatic rings. The maximum atomic E-state index is 12.7. The fourth-order valence-electron chi connectivity index (χ4n) is 2.03. The van der Waals surface area contributed by atoms with Gasteiger partial charge in [0, 0.05) is 23.1 Å². The number of rotatable bonds is 2. The van der Waals surface area contributed by atoms with E-state index in [9.17, 15) is 22.8 Å². The zero-order valence-electron chi connectivity index (χ0n) is 10.8. The SMILES string of the molecule is O=C1CCC(C(=O)Nc2cc(Br)cc(C(F)(F)F)c2)CN1. The van der Waals surface area contributed by atoms with Crippen molar-refractivity contribution in [1.29, 1.82) is 0 Å². The van der Waals surface area contributed by atoms with Crippen LogP contribution in [-0.4, -0.2) is 18.4 Å². The van der Waals surface area contributed by atoms with Gasteiger partial charge in [0.1, 0.15) is 0 Å². The first-order valence-corrected chi connectivity index (χ1v) is 7.00. The second kappa shape index (κ2) is 6.05. The topological polar surface area (TPSA) is 58.2 Å². The smallest absolute Gasteiger partial charge is 0.355 e. The second-order valence-electron chi connectivity index (χ2n) is 4.76. The number of piperidine rings is 1. The summed E-state index contributed by atoms with van der Waals surface area (Å²) in [5.74, 6) is -0.960. The lowest BCUT2D eigenvalue weighted by atomic mass is 9.98. The number of hydrogen-bond donors (Lipinski definition) is 2. The summed E-state index contributed by atoms with van der Waals surface area (Å²) in [6, 6.07) is 3.22. The molecule has 1 fully saturated rings. The number of carbonyl (C=O) groups excluding carboxylic acids is 2. The van der Waals surface area contributed by atoms with Crippen LogP contribution in [0.25, 0.3) is 0 Å². The van der Waals surface area contributed by atoms with Gasteiger partial charge in [-0.3, -0.25) is 9.59 Å². The van der Waals surface area contributed by atoms with Crippen molar-refractivity contribution in [2.75, 3.05) is 11.9 Å². The predicted octanol–water partition coefficient (Wildman–Crippen LogP) is 2.93. The first-order valence-electron chi connectivity index (χ1n) is 6.21. The first-order chi connectivity index (χ1) is 9.75. The summed E-state index contributed by atoms with van der Waals surface area (Å²) < 4.78 is 38.3. The van der Waals surface area contributed by atoms with Gasteiger partial charge in [-0.15, -0.1) is 0 Å². The third-order valence-electron chi connectivity index (χ3n) is 3.13. The van der Waals surface area contributed by atoms with E-state index in [1.54, 1.807) is 0 Å². The van der Waals surface area contributed by atoms with Crippen LogP contribution in [0.3, 0.4) is 0 Å². The van der Waals surface area contributed by atoms with Crippen LogP contribution in [0.15, 0.2) is 22.7 Å². The van der Waals surface area contributed by atoms with Gasteiger partial charge >= 0.3 is 6.18 Å². The maximum Gasteiger partial charge on any atom is 0.416 e. The van der Waals surface area contributed by atoms with E-state index in [0.717, 1.165) is 12.1 Å². The minimum atomic E-state index is -4.48. The zero-order chi connectivity index (χ0) is 15.6. The Kier molecular flexibility index (Phi) is 4.55. The maximum absolute atomic E-state index is 12.7. The Morgan fingerprint density at radius 1 is 1.33 bits per heavy atom. The molecule has 8 heteroatoms. The molecule has 21 heavy (non-hydrogen) atoms. The Labute approximate surface area is 127 Å². The summed E-state index contributed by atoms with van der Waals surface area (Å²) in [4.78, 5) is 23.0. The lowest BCUT2D eigenvalue weighted by Crippen LogP contribution is -2.40. The number of hydrogen-bond acceptors (Lipinski definition) is 2. The van der Waals surface area contributed by atoms with Crippen LogP contribution in [0.4, 0.5) is 18.9 Å². The molecule has 0 spiro atoms. The molecule has 2 rings (SSSR count). The molecule has 1 atom stereocenters. The van der Waals surface area contributed by atoms with Gasteiger partial charge in [-0.05, 0) is 24.6 Å². The van der Waals surface area contributed by atoms with Gasteiger partial charge in [0.2, 0.25) is 11.8 Å². The minimum Gasteiger partial charge on any atom is -0.355 e. The Morgan fingerprint density at radius 2 is 2.05 bits per heavy atom. The van der Waals surface area contributed by atoms with E-state index < -0.39 is 23.6 Å². The molecule has 0 aromatic heterocycles. The van der Waals surface area contributed by atoms with Crippen LogP contribution >= 0.6 is 15.9 Å². The molecule has 0 saturated carbocycles. The highest BCUT2D eigenvalue weighted by Crippen LogP contribution is 2.33. The van der Waals surface area contributed by atoms with Gasteiger partial charge in [-0.25, -0.2) is 0 Å². The summed E-state index contributed by atoms with van der Waals surface area (Å²) >= 11 is 2.99. The highest BCUT2D eigenvalue weighted by atomic mass is 79.9. The van der Waals surface area contributed by atoms with Crippen LogP contribution < -0.4 is 10.6 Å². The molecule has 2 amide bonds. The molecule has 1 aliphatic rings. The van der Waals surface area contributed by atoms with E-state index in [1.165, 1.54) is 6.07 Å². The Hall–Kier alpha value is -1.57. The summed E-state index contributed by atoms with van der Waals surface area (Å²) in [6.45, 7) is 0.199. The highest BCUT2D eigenvalue weighted by Gasteiger charge is 2.31. The molecule has 0 aliphatic carbocycles. The average molecular weight is 365 g/mol. The number of alkyl halides is 3. The van der Waals surface area contributed by atoms with Gasteiger partial charge in [0.05, 0.1) is 11.5 Å². The largest absolute Gasteiger partial charge is 0.416 e. The normalized spacial score (nSPS) is 19.0. The molecule has 1 heterocycles. The van der Waals surface area contributed by atoms with E-state index in [1.807, 2.05) is 0 Å². The Morgan fingerprint density at radius 3 is 2.62 bits per heavy atom. The van der Waals surface area contributed by atoms with Crippen LogP contribution in [0.2, 0.25) is 0 Å².